The van der Waals surface area contributed by atoms with Gasteiger partial charge in [0.15, 0.2) is 0 Å². The molecule has 3 heterocycles. The van der Waals surface area contributed by atoms with Gasteiger partial charge in [-0.1, -0.05) is 0 Å². The van der Waals surface area contributed by atoms with Crippen LogP contribution in [0.5, 0.6) is 0 Å². The van der Waals surface area contributed by atoms with Gasteiger partial charge in [0.1, 0.15) is 17.0 Å². The van der Waals surface area contributed by atoms with Gasteiger partial charge in [0.2, 0.25) is 10.0 Å². The molecule has 0 saturated carbocycles. The number of fused-ring (bicyclic) bond motifs is 1. The Kier molecular flexibility index (Phi) is 3.11. The van der Waals surface area contributed by atoms with E-state index < -0.39 is 10.0 Å². The molecule has 0 atom stereocenters. The molecule has 0 unspecified atom stereocenters. The summed E-state index contributed by atoms with van der Waals surface area (Å²) < 4.78 is 30.3. The molecule has 0 aromatic carbocycles. The molecule has 3 rings (SSSR count). The second-order valence-electron chi connectivity index (χ2n) is 4.76. The molecule has 0 saturated heterocycles. The van der Waals surface area contributed by atoms with Gasteiger partial charge in [-0.2, -0.15) is 4.31 Å². The Bertz CT molecular complexity index is 732. The van der Waals surface area contributed by atoms with E-state index in [0.29, 0.717) is 25.5 Å². The summed E-state index contributed by atoms with van der Waals surface area (Å²) in [7, 11) is -1.73. The van der Waals surface area contributed by atoms with Gasteiger partial charge in [-0.3, -0.25) is 0 Å². The van der Waals surface area contributed by atoms with Crippen LogP contribution in [-0.4, -0.2) is 38.6 Å². The van der Waals surface area contributed by atoms with Gasteiger partial charge in [0.25, 0.3) is 0 Å². The molecule has 2 aromatic heterocycles. The second kappa shape index (κ2) is 4.69. The van der Waals surface area contributed by atoms with Crippen molar-refractivity contribution in [2.24, 2.45) is 12.8 Å². The zero-order valence-corrected chi connectivity index (χ0v) is 11.9. The van der Waals surface area contributed by atoms with Gasteiger partial charge in [0.05, 0.1) is 6.54 Å². The molecule has 9 heteroatoms. The molecule has 1 aliphatic rings. The predicted octanol–water partition coefficient (Wildman–Crippen LogP) is -0.720. The van der Waals surface area contributed by atoms with E-state index >= 15 is 0 Å². The molecule has 0 bridgehead atoms. The molecule has 0 spiro atoms. The summed E-state index contributed by atoms with van der Waals surface area (Å²) in [5.41, 5.74) is 6.37. The second-order valence-corrected chi connectivity index (χ2v) is 6.70. The summed E-state index contributed by atoms with van der Waals surface area (Å²) in [4.78, 5) is 0.272. The van der Waals surface area contributed by atoms with Gasteiger partial charge in [-0.15, -0.1) is 10.2 Å². The molecule has 2 aromatic rings. The van der Waals surface area contributed by atoms with Gasteiger partial charge >= 0.3 is 0 Å². The van der Waals surface area contributed by atoms with E-state index in [0.717, 1.165) is 5.69 Å². The van der Waals surface area contributed by atoms with E-state index in [1.54, 1.807) is 30.2 Å². The lowest BCUT2D eigenvalue weighted by Crippen LogP contribution is -2.38. The lowest BCUT2D eigenvalue weighted by atomic mass is 10.4. The van der Waals surface area contributed by atoms with Crippen LogP contribution < -0.4 is 5.73 Å². The monoisotopic (exact) mass is 296 g/mol. The zero-order chi connectivity index (χ0) is 14.3. The molecule has 20 heavy (non-hydrogen) atoms. The van der Waals surface area contributed by atoms with Gasteiger partial charge in [-0.25, -0.2) is 8.42 Å². The molecular formula is C11H16N6O2S. The van der Waals surface area contributed by atoms with E-state index in [1.807, 2.05) is 4.57 Å². The average Bonchev–Trinajstić information content (AvgIpc) is 3.03. The van der Waals surface area contributed by atoms with Gasteiger partial charge in [0, 0.05) is 38.6 Å². The van der Waals surface area contributed by atoms with Crippen LogP contribution in [-0.2, 0) is 36.7 Å². The van der Waals surface area contributed by atoms with E-state index in [4.69, 9.17) is 5.73 Å². The number of hydrogen-bond acceptors (Lipinski definition) is 5. The maximum absolute atomic E-state index is 12.6. The number of hydrogen-bond donors (Lipinski definition) is 1. The molecule has 108 valence electrons. The first kappa shape index (κ1) is 13.3. The van der Waals surface area contributed by atoms with Crippen molar-refractivity contribution < 1.29 is 8.42 Å². The van der Waals surface area contributed by atoms with Crippen LogP contribution >= 0.6 is 0 Å². The first-order valence-electron chi connectivity index (χ1n) is 6.24. The Morgan fingerprint density at radius 1 is 1.40 bits per heavy atom. The quantitative estimate of drug-likeness (QED) is 0.806. The minimum Gasteiger partial charge on any atom is -0.352 e. The van der Waals surface area contributed by atoms with E-state index in [1.165, 1.54) is 4.31 Å². The van der Waals surface area contributed by atoms with Crippen molar-refractivity contribution >= 4 is 10.0 Å². The molecule has 1 aliphatic heterocycles. The standard InChI is InChI=1S/C11H16N6O2S/c1-15-6-10(4-9(15)5-12)20(18,19)17-3-2-16-8-13-14-11(16)7-17/h4,6,8H,2-3,5,7,12H2,1H3. The highest BCUT2D eigenvalue weighted by atomic mass is 32.2. The maximum Gasteiger partial charge on any atom is 0.245 e. The van der Waals surface area contributed by atoms with Crippen LogP contribution in [0.25, 0.3) is 0 Å². The molecular weight excluding hydrogens is 280 g/mol. The fourth-order valence-electron chi connectivity index (χ4n) is 2.32. The molecule has 8 nitrogen and oxygen atoms in total. The fourth-order valence-corrected chi connectivity index (χ4v) is 3.80. The minimum absolute atomic E-state index is 0.245. The summed E-state index contributed by atoms with van der Waals surface area (Å²) in [5, 5.41) is 7.73. The lowest BCUT2D eigenvalue weighted by molar-refractivity contribution is 0.335. The molecule has 0 amide bonds. The number of aryl methyl sites for hydroxylation is 1. The number of nitrogens with two attached hydrogens (primary N) is 1. The summed E-state index contributed by atoms with van der Waals surface area (Å²) >= 11 is 0. The van der Waals surface area contributed by atoms with Crippen LogP contribution in [0.15, 0.2) is 23.5 Å². The van der Waals surface area contributed by atoms with Crippen LogP contribution in [0, 0.1) is 0 Å². The Hall–Kier alpha value is -1.71. The fraction of sp³-hybridized carbons (Fsp3) is 0.455. The summed E-state index contributed by atoms with van der Waals surface area (Å²) in [6, 6.07) is 1.62. The molecule has 0 radical (unpaired) electrons. The number of nitrogens with zero attached hydrogens (tertiary/aromatic N) is 5. The average molecular weight is 296 g/mol. The van der Waals surface area contributed by atoms with Crippen molar-refractivity contribution in [1.82, 2.24) is 23.6 Å². The van der Waals surface area contributed by atoms with Crippen molar-refractivity contribution in [3.8, 4) is 0 Å². The Morgan fingerprint density at radius 3 is 2.90 bits per heavy atom. The maximum atomic E-state index is 12.6. The normalized spacial score (nSPS) is 16.3. The Balaban J connectivity index is 1.92. The van der Waals surface area contributed by atoms with Crippen molar-refractivity contribution in [3.63, 3.8) is 0 Å². The SMILES string of the molecule is Cn1cc(S(=O)(=O)N2CCn3cnnc3C2)cc1CN. The van der Waals surface area contributed by atoms with Gasteiger partial charge < -0.3 is 14.9 Å². The summed E-state index contributed by atoms with van der Waals surface area (Å²) in [5.74, 6) is 0.662. The van der Waals surface area contributed by atoms with Gasteiger partial charge in [-0.05, 0) is 6.07 Å². The lowest BCUT2D eigenvalue weighted by Gasteiger charge is -2.25. The van der Waals surface area contributed by atoms with Crippen LogP contribution in [0.4, 0.5) is 0 Å². The topological polar surface area (TPSA) is 99.0 Å². The molecule has 0 fully saturated rings. The Labute approximate surface area is 116 Å². The summed E-state index contributed by atoms with van der Waals surface area (Å²) in [6.07, 6.45) is 3.21. The molecule has 2 N–H and O–H groups in total. The van der Waals surface area contributed by atoms with Crippen LogP contribution in [0.2, 0.25) is 0 Å². The van der Waals surface area contributed by atoms with E-state index in [2.05, 4.69) is 10.2 Å². The first-order valence-corrected chi connectivity index (χ1v) is 7.68. The third-order valence-electron chi connectivity index (χ3n) is 3.53. The highest BCUT2D eigenvalue weighted by Gasteiger charge is 2.30. The van der Waals surface area contributed by atoms with Crippen molar-refractivity contribution in [3.05, 3.63) is 30.1 Å². The van der Waals surface area contributed by atoms with E-state index in [9.17, 15) is 8.42 Å². The largest absolute Gasteiger partial charge is 0.352 e. The number of rotatable bonds is 3. The van der Waals surface area contributed by atoms with Crippen molar-refractivity contribution in [2.75, 3.05) is 6.54 Å². The smallest absolute Gasteiger partial charge is 0.245 e. The van der Waals surface area contributed by atoms with Crippen molar-refractivity contribution in [1.29, 1.82) is 0 Å². The highest BCUT2D eigenvalue weighted by molar-refractivity contribution is 7.89. The van der Waals surface area contributed by atoms with Crippen LogP contribution in [0.3, 0.4) is 0 Å². The van der Waals surface area contributed by atoms with Crippen molar-refractivity contribution in [2.45, 2.75) is 24.5 Å². The zero-order valence-electron chi connectivity index (χ0n) is 11.1. The third kappa shape index (κ3) is 2.03. The number of aromatic nitrogens is 4. The Morgan fingerprint density at radius 2 is 2.20 bits per heavy atom. The summed E-state index contributed by atoms with van der Waals surface area (Å²) in [6.45, 7) is 1.54. The third-order valence-corrected chi connectivity index (χ3v) is 5.34. The highest BCUT2D eigenvalue weighted by Crippen LogP contribution is 2.22. The predicted molar refractivity (Wildman–Crippen MR) is 70.9 cm³/mol. The number of sulfonamides is 1. The molecule has 0 aliphatic carbocycles. The first-order chi connectivity index (χ1) is 9.52. The minimum atomic E-state index is -3.52. The van der Waals surface area contributed by atoms with E-state index in [-0.39, 0.29) is 11.4 Å². The van der Waals surface area contributed by atoms with Crippen LogP contribution in [0.1, 0.15) is 11.5 Å².